The molecule has 2 aromatic rings. The average molecular weight is 353 g/mol. The Kier molecular flexibility index (Phi) is 5.90. The lowest BCUT2D eigenvalue weighted by Crippen LogP contribution is -2.24. The molecule has 0 atom stereocenters. The summed E-state index contributed by atoms with van der Waals surface area (Å²) in [4.78, 5) is 12.0. The lowest BCUT2D eigenvalue weighted by Gasteiger charge is -2.12. The first kappa shape index (κ1) is 18.6. The fraction of sp³-hybridized carbons (Fsp3) is 0.278. The molecule has 0 bridgehead atoms. The van der Waals surface area contributed by atoms with Crippen LogP contribution in [0.25, 0.3) is 0 Å². The molecule has 0 saturated carbocycles. The fourth-order valence-corrected chi connectivity index (χ4v) is 2.25. The average Bonchev–Trinajstić information content (AvgIpc) is 2.59. The van der Waals surface area contributed by atoms with Gasteiger partial charge in [-0.05, 0) is 29.8 Å². The molecule has 1 N–H and O–H groups in total. The van der Waals surface area contributed by atoms with Crippen LogP contribution in [-0.4, -0.2) is 20.1 Å². The first-order chi connectivity index (χ1) is 11.8. The predicted molar refractivity (Wildman–Crippen MR) is 86.5 cm³/mol. The molecule has 0 heterocycles. The second-order valence-electron chi connectivity index (χ2n) is 5.33. The minimum absolute atomic E-state index is 0.00337. The molecule has 0 radical (unpaired) electrons. The molecule has 7 heteroatoms. The van der Waals surface area contributed by atoms with Crippen molar-refractivity contribution in [1.82, 2.24) is 5.32 Å². The van der Waals surface area contributed by atoms with Gasteiger partial charge >= 0.3 is 6.18 Å². The Bertz CT molecular complexity index is 727. The van der Waals surface area contributed by atoms with Gasteiger partial charge in [0, 0.05) is 18.2 Å². The molecule has 4 nitrogen and oxygen atoms in total. The van der Waals surface area contributed by atoms with E-state index in [4.69, 9.17) is 9.47 Å². The summed E-state index contributed by atoms with van der Waals surface area (Å²) in [5.41, 5.74) is 0.538. The minimum Gasteiger partial charge on any atom is -0.497 e. The predicted octanol–water partition coefficient (Wildman–Crippen LogP) is 3.58. The van der Waals surface area contributed by atoms with Crippen molar-refractivity contribution in [2.75, 3.05) is 14.2 Å². The number of rotatable bonds is 6. The number of methoxy groups -OCH3 is 2. The highest BCUT2D eigenvalue weighted by molar-refractivity contribution is 5.78. The van der Waals surface area contributed by atoms with Gasteiger partial charge < -0.3 is 14.8 Å². The van der Waals surface area contributed by atoms with E-state index in [0.717, 1.165) is 17.7 Å². The first-order valence-corrected chi connectivity index (χ1v) is 7.47. The highest BCUT2D eigenvalue weighted by atomic mass is 19.4. The van der Waals surface area contributed by atoms with E-state index in [1.807, 2.05) is 0 Å². The number of carbonyl (C=O) groups is 1. The van der Waals surface area contributed by atoms with Gasteiger partial charge in [-0.3, -0.25) is 4.79 Å². The number of alkyl halides is 3. The topological polar surface area (TPSA) is 47.6 Å². The van der Waals surface area contributed by atoms with E-state index in [9.17, 15) is 18.0 Å². The van der Waals surface area contributed by atoms with Crippen molar-refractivity contribution in [1.29, 1.82) is 0 Å². The molecular weight excluding hydrogens is 335 g/mol. The molecule has 0 aromatic heterocycles. The van der Waals surface area contributed by atoms with E-state index in [-0.39, 0.29) is 18.9 Å². The van der Waals surface area contributed by atoms with Gasteiger partial charge in [-0.1, -0.05) is 12.1 Å². The van der Waals surface area contributed by atoms with Gasteiger partial charge in [-0.15, -0.1) is 0 Å². The lowest BCUT2D eigenvalue weighted by atomic mass is 10.1. The molecule has 0 aliphatic heterocycles. The van der Waals surface area contributed by atoms with E-state index < -0.39 is 11.7 Å². The van der Waals surface area contributed by atoms with Crippen molar-refractivity contribution in [3.05, 3.63) is 59.2 Å². The maximum absolute atomic E-state index is 12.5. The Labute approximate surface area is 143 Å². The van der Waals surface area contributed by atoms with E-state index in [2.05, 4.69) is 5.32 Å². The van der Waals surface area contributed by atoms with Gasteiger partial charge in [0.05, 0.1) is 26.2 Å². The third-order valence-corrected chi connectivity index (χ3v) is 3.62. The number of amides is 1. The van der Waals surface area contributed by atoms with Crippen molar-refractivity contribution in [3.8, 4) is 11.5 Å². The summed E-state index contributed by atoms with van der Waals surface area (Å²) in [6.07, 6.45) is -4.39. The first-order valence-electron chi connectivity index (χ1n) is 7.47. The maximum atomic E-state index is 12.5. The second-order valence-corrected chi connectivity index (χ2v) is 5.33. The molecular formula is C18H18F3NO3. The van der Waals surface area contributed by atoms with E-state index in [1.54, 1.807) is 25.3 Å². The van der Waals surface area contributed by atoms with E-state index >= 15 is 0 Å². The maximum Gasteiger partial charge on any atom is 0.416 e. The lowest BCUT2D eigenvalue weighted by molar-refractivity contribution is -0.137. The molecule has 0 saturated heterocycles. The SMILES string of the molecule is COc1ccc(CNC(=O)Cc2ccc(C(F)(F)F)cc2)c(OC)c1. The van der Waals surface area contributed by atoms with Crippen LogP contribution in [-0.2, 0) is 23.9 Å². The largest absolute Gasteiger partial charge is 0.497 e. The smallest absolute Gasteiger partial charge is 0.416 e. The number of nitrogens with one attached hydrogen (secondary N) is 1. The Morgan fingerprint density at radius 1 is 1.04 bits per heavy atom. The highest BCUT2D eigenvalue weighted by Crippen LogP contribution is 2.29. The number of hydrogen-bond acceptors (Lipinski definition) is 3. The molecule has 0 unspecified atom stereocenters. The third kappa shape index (κ3) is 5.14. The third-order valence-electron chi connectivity index (χ3n) is 3.62. The van der Waals surface area contributed by atoms with Crippen LogP contribution < -0.4 is 14.8 Å². The van der Waals surface area contributed by atoms with Crippen molar-refractivity contribution >= 4 is 5.91 Å². The van der Waals surface area contributed by atoms with Crippen LogP contribution in [0.2, 0.25) is 0 Å². The molecule has 25 heavy (non-hydrogen) atoms. The Morgan fingerprint density at radius 2 is 1.72 bits per heavy atom. The zero-order chi connectivity index (χ0) is 18.4. The Morgan fingerprint density at radius 3 is 2.28 bits per heavy atom. The van der Waals surface area contributed by atoms with E-state index in [0.29, 0.717) is 17.1 Å². The molecule has 2 aromatic carbocycles. The number of benzene rings is 2. The second kappa shape index (κ2) is 7.92. The minimum atomic E-state index is -4.38. The zero-order valence-corrected chi connectivity index (χ0v) is 13.8. The van der Waals surface area contributed by atoms with Crippen molar-refractivity contribution in [3.63, 3.8) is 0 Å². The monoisotopic (exact) mass is 353 g/mol. The Balaban J connectivity index is 1.95. The summed E-state index contributed by atoms with van der Waals surface area (Å²) in [5.74, 6) is 0.920. The van der Waals surface area contributed by atoms with Crippen LogP contribution in [0, 0.1) is 0 Å². The quantitative estimate of drug-likeness (QED) is 0.864. The molecule has 2 rings (SSSR count). The molecule has 0 aliphatic carbocycles. The van der Waals surface area contributed by atoms with Crippen molar-refractivity contribution < 1.29 is 27.4 Å². The van der Waals surface area contributed by atoms with Crippen LogP contribution in [0.5, 0.6) is 11.5 Å². The van der Waals surface area contributed by atoms with Crippen LogP contribution in [0.15, 0.2) is 42.5 Å². The molecule has 0 spiro atoms. The molecule has 0 fully saturated rings. The molecule has 134 valence electrons. The zero-order valence-electron chi connectivity index (χ0n) is 13.8. The summed E-state index contributed by atoms with van der Waals surface area (Å²) >= 11 is 0. The molecule has 0 aliphatic rings. The van der Waals surface area contributed by atoms with Crippen LogP contribution in [0.3, 0.4) is 0 Å². The van der Waals surface area contributed by atoms with Gasteiger partial charge in [0.2, 0.25) is 5.91 Å². The number of halogens is 3. The van der Waals surface area contributed by atoms with Gasteiger partial charge in [0.1, 0.15) is 11.5 Å². The summed E-state index contributed by atoms with van der Waals surface area (Å²) in [6, 6.07) is 9.77. The highest BCUT2D eigenvalue weighted by Gasteiger charge is 2.29. The van der Waals surface area contributed by atoms with Crippen molar-refractivity contribution in [2.45, 2.75) is 19.1 Å². The normalized spacial score (nSPS) is 11.1. The van der Waals surface area contributed by atoms with Gasteiger partial charge in [0.15, 0.2) is 0 Å². The number of ether oxygens (including phenoxy) is 2. The summed E-state index contributed by atoms with van der Waals surface area (Å²) < 4.78 is 47.9. The van der Waals surface area contributed by atoms with E-state index in [1.165, 1.54) is 19.2 Å². The van der Waals surface area contributed by atoms with Gasteiger partial charge in [0.25, 0.3) is 0 Å². The van der Waals surface area contributed by atoms with Crippen LogP contribution in [0.1, 0.15) is 16.7 Å². The summed E-state index contributed by atoms with van der Waals surface area (Å²) in [7, 11) is 3.06. The number of hydrogen-bond donors (Lipinski definition) is 1. The number of carbonyl (C=O) groups excluding carboxylic acids is 1. The van der Waals surface area contributed by atoms with Crippen molar-refractivity contribution in [2.24, 2.45) is 0 Å². The molecule has 1 amide bonds. The van der Waals surface area contributed by atoms with Crippen LogP contribution >= 0.6 is 0 Å². The van der Waals surface area contributed by atoms with Crippen LogP contribution in [0.4, 0.5) is 13.2 Å². The van der Waals surface area contributed by atoms with Gasteiger partial charge in [-0.2, -0.15) is 13.2 Å². The standard InChI is InChI=1S/C18H18F3NO3/c1-24-15-8-5-13(16(10-15)25-2)11-22-17(23)9-12-3-6-14(7-4-12)18(19,20)21/h3-8,10H,9,11H2,1-2H3,(H,22,23). The fourth-order valence-electron chi connectivity index (χ4n) is 2.25. The Hall–Kier alpha value is -2.70. The van der Waals surface area contributed by atoms with Gasteiger partial charge in [-0.25, -0.2) is 0 Å². The summed E-state index contributed by atoms with van der Waals surface area (Å²) in [6.45, 7) is 0.243. The summed E-state index contributed by atoms with van der Waals surface area (Å²) in [5, 5.41) is 2.72.